The van der Waals surface area contributed by atoms with E-state index in [1.807, 2.05) is 60.7 Å². The molecule has 1 aliphatic heterocycles. The molecule has 0 bridgehead atoms. The van der Waals surface area contributed by atoms with Crippen LogP contribution in [0.4, 0.5) is 5.69 Å². The predicted octanol–water partition coefficient (Wildman–Crippen LogP) is 3.79. The first-order valence-corrected chi connectivity index (χ1v) is 9.15. The quantitative estimate of drug-likeness (QED) is 0.567. The van der Waals surface area contributed by atoms with Crippen LogP contribution < -0.4 is 5.32 Å². The first-order chi connectivity index (χ1) is 13.7. The van der Waals surface area contributed by atoms with E-state index in [0.29, 0.717) is 30.5 Å². The molecule has 28 heavy (non-hydrogen) atoms. The van der Waals surface area contributed by atoms with Crippen LogP contribution in [-0.2, 0) is 17.6 Å². The van der Waals surface area contributed by atoms with Crippen LogP contribution in [0.1, 0.15) is 39.2 Å². The predicted molar refractivity (Wildman–Crippen MR) is 108 cm³/mol. The van der Waals surface area contributed by atoms with Gasteiger partial charge in [0.1, 0.15) is 5.69 Å². The van der Waals surface area contributed by atoms with E-state index >= 15 is 0 Å². The number of nitrogens with one attached hydrogen (secondary N) is 1. The minimum Gasteiger partial charge on any atom is -0.326 e. The van der Waals surface area contributed by atoms with Crippen molar-refractivity contribution in [2.45, 2.75) is 19.3 Å². The van der Waals surface area contributed by atoms with Gasteiger partial charge in [-0.3, -0.25) is 9.59 Å². The number of benzene rings is 2. The van der Waals surface area contributed by atoms with E-state index in [1.54, 1.807) is 6.20 Å². The number of pyridine rings is 1. The van der Waals surface area contributed by atoms with Crippen LogP contribution in [0.2, 0.25) is 0 Å². The summed E-state index contributed by atoms with van der Waals surface area (Å²) in [6, 6.07) is 18.7. The van der Waals surface area contributed by atoms with Crippen molar-refractivity contribution in [3.8, 4) is 11.8 Å². The number of anilines is 1. The smallest absolute Gasteiger partial charge is 0.224 e. The molecule has 1 N–H and O–H groups in total. The fourth-order valence-corrected chi connectivity index (χ4v) is 3.18. The first-order valence-electron chi connectivity index (χ1n) is 9.15. The number of carbonyl (C=O) groups excluding carboxylic acids is 2. The highest BCUT2D eigenvalue weighted by Crippen LogP contribution is 2.24. The summed E-state index contributed by atoms with van der Waals surface area (Å²) in [4.78, 5) is 28.4. The van der Waals surface area contributed by atoms with Gasteiger partial charge < -0.3 is 5.32 Å². The number of amides is 1. The molecule has 0 saturated heterocycles. The van der Waals surface area contributed by atoms with Gasteiger partial charge in [-0.2, -0.15) is 0 Å². The largest absolute Gasteiger partial charge is 0.326 e. The van der Waals surface area contributed by atoms with E-state index in [0.717, 1.165) is 22.4 Å². The van der Waals surface area contributed by atoms with Crippen molar-refractivity contribution in [3.63, 3.8) is 0 Å². The van der Waals surface area contributed by atoms with Crippen LogP contribution in [0.25, 0.3) is 0 Å². The molecule has 2 aromatic carbocycles. The minimum absolute atomic E-state index is 0.0416. The summed E-state index contributed by atoms with van der Waals surface area (Å²) in [7, 11) is 0. The molecule has 4 rings (SSSR count). The summed E-state index contributed by atoms with van der Waals surface area (Å²) in [6.07, 6.45) is 3.22. The van der Waals surface area contributed by atoms with Crippen molar-refractivity contribution in [3.05, 3.63) is 94.8 Å². The number of rotatable bonds is 3. The van der Waals surface area contributed by atoms with Crippen LogP contribution in [0.5, 0.6) is 0 Å². The number of hydrogen-bond acceptors (Lipinski definition) is 3. The van der Waals surface area contributed by atoms with Gasteiger partial charge in [-0.25, -0.2) is 4.98 Å². The van der Waals surface area contributed by atoms with Gasteiger partial charge in [0.15, 0.2) is 5.78 Å². The topological polar surface area (TPSA) is 59.1 Å². The third-order valence-corrected chi connectivity index (χ3v) is 4.61. The number of aromatic nitrogens is 1. The zero-order valence-electron chi connectivity index (χ0n) is 15.2. The Balaban J connectivity index is 1.50. The number of Topliss-reactive ketones (excluding diaryl/α,β-unsaturated/α-hetero) is 1. The van der Waals surface area contributed by atoms with Crippen LogP contribution in [0.3, 0.4) is 0 Å². The summed E-state index contributed by atoms with van der Waals surface area (Å²) in [6.45, 7) is 0. The molecule has 1 aromatic heterocycles. The molecule has 0 spiro atoms. The van der Waals surface area contributed by atoms with Crippen molar-refractivity contribution in [1.82, 2.24) is 4.98 Å². The Morgan fingerprint density at radius 2 is 1.93 bits per heavy atom. The highest BCUT2D eigenvalue weighted by atomic mass is 16.1. The lowest BCUT2D eigenvalue weighted by Gasteiger charge is -2.17. The second-order valence-corrected chi connectivity index (χ2v) is 6.69. The van der Waals surface area contributed by atoms with Gasteiger partial charge in [0, 0.05) is 35.9 Å². The maximum Gasteiger partial charge on any atom is 0.224 e. The Morgan fingerprint density at radius 3 is 2.79 bits per heavy atom. The Labute approximate surface area is 163 Å². The molecular formula is C24H18N2O2. The van der Waals surface area contributed by atoms with E-state index in [2.05, 4.69) is 22.1 Å². The molecule has 3 aromatic rings. The maximum atomic E-state index is 12.7. The second-order valence-electron chi connectivity index (χ2n) is 6.69. The molecule has 1 amide bonds. The molecule has 0 fully saturated rings. The standard InChI is InChI=1S/C24H18N2O2/c27-23(16-18-8-11-22-19(15-18)9-12-24(28)26-22)20-5-3-4-17(14-20)7-10-21-6-1-2-13-25-21/h1-6,8,11,13-15H,9,12,16H2,(H,26,28). The van der Waals surface area contributed by atoms with E-state index in [1.165, 1.54) is 0 Å². The third kappa shape index (κ3) is 4.16. The molecule has 0 radical (unpaired) electrons. The summed E-state index contributed by atoms with van der Waals surface area (Å²) >= 11 is 0. The second kappa shape index (κ2) is 7.89. The Bertz CT molecular complexity index is 1110. The molecule has 136 valence electrons. The fraction of sp³-hybridized carbons (Fsp3) is 0.125. The highest BCUT2D eigenvalue weighted by Gasteiger charge is 2.16. The minimum atomic E-state index is 0.0416. The van der Waals surface area contributed by atoms with Gasteiger partial charge in [0.2, 0.25) is 5.91 Å². The van der Waals surface area contributed by atoms with E-state index < -0.39 is 0 Å². The average molecular weight is 366 g/mol. The van der Waals surface area contributed by atoms with Crippen LogP contribution in [-0.4, -0.2) is 16.7 Å². The highest BCUT2D eigenvalue weighted by molar-refractivity contribution is 5.98. The Kier molecular flexibility index (Phi) is 4.99. The van der Waals surface area contributed by atoms with Crippen molar-refractivity contribution < 1.29 is 9.59 Å². The third-order valence-electron chi connectivity index (χ3n) is 4.61. The zero-order valence-corrected chi connectivity index (χ0v) is 15.2. The maximum absolute atomic E-state index is 12.7. The number of fused-ring (bicyclic) bond motifs is 1. The molecule has 0 unspecified atom stereocenters. The van der Waals surface area contributed by atoms with Crippen LogP contribution in [0, 0.1) is 11.8 Å². The van der Waals surface area contributed by atoms with Gasteiger partial charge >= 0.3 is 0 Å². The van der Waals surface area contributed by atoms with Crippen LogP contribution >= 0.6 is 0 Å². The lowest BCUT2D eigenvalue weighted by atomic mass is 9.96. The average Bonchev–Trinajstić information content (AvgIpc) is 2.73. The monoisotopic (exact) mass is 366 g/mol. The van der Waals surface area contributed by atoms with Crippen molar-refractivity contribution >= 4 is 17.4 Å². The summed E-state index contributed by atoms with van der Waals surface area (Å²) in [5.41, 5.74) is 4.99. The van der Waals surface area contributed by atoms with E-state index in [-0.39, 0.29) is 11.7 Å². The molecule has 0 aliphatic carbocycles. The summed E-state index contributed by atoms with van der Waals surface area (Å²) in [5.74, 6) is 6.15. The SMILES string of the molecule is O=C1CCc2cc(CC(=O)c3cccc(C#Cc4ccccn4)c3)ccc2N1. The molecule has 0 saturated carbocycles. The van der Waals surface area contributed by atoms with E-state index in [9.17, 15) is 9.59 Å². The fourth-order valence-electron chi connectivity index (χ4n) is 3.18. The Hall–Kier alpha value is -3.71. The van der Waals surface area contributed by atoms with Crippen molar-refractivity contribution in [2.24, 2.45) is 0 Å². The van der Waals surface area contributed by atoms with Crippen molar-refractivity contribution in [1.29, 1.82) is 0 Å². The first kappa shape index (κ1) is 17.7. The van der Waals surface area contributed by atoms with Crippen molar-refractivity contribution in [2.75, 3.05) is 5.32 Å². The lowest BCUT2D eigenvalue weighted by Crippen LogP contribution is -2.19. The van der Waals surface area contributed by atoms with Gasteiger partial charge in [-0.1, -0.05) is 36.3 Å². The number of hydrogen-bond donors (Lipinski definition) is 1. The molecule has 2 heterocycles. The molecule has 0 atom stereocenters. The lowest BCUT2D eigenvalue weighted by molar-refractivity contribution is -0.116. The molecule has 4 nitrogen and oxygen atoms in total. The molecule has 4 heteroatoms. The summed E-state index contributed by atoms with van der Waals surface area (Å²) < 4.78 is 0. The molecule has 1 aliphatic rings. The number of nitrogens with zero attached hydrogens (tertiary/aromatic N) is 1. The van der Waals surface area contributed by atoms with Gasteiger partial charge in [0.05, 0.1) is 0 Å². The number of aryl methyl sites for hydroxylation is 1. The van der Waals surface area contributed by atoms with E-state index in [4.69, 9.17) is 0 Å². The number of ketones is 1. The Morgan fingerprint density at radius 1 is 1.00 bits per heavy atom. The molecular weight excluding hydrogens is 348 g/mol. The summed E-state index contributed by atoms with van der Waals surface area (Å²) in [5, 5.41) is 2.86. The normalized spacial score (nSPS) is 12.4. The van der Waals surface area contributed by atoms with Gasteiger partial charge in [0.25, 0.3) is 0 Å². The zero-order chi connectivity index (χ0) is 19.3. The van der Waals surface area contributed by atoms with Crippen LogP contribution in [0.15, 0.2) is 66.9 Å². The van der Waals surface area contributed by atoms with Gasteiger partial charge in [-0.05, 0) is 53.8 Å². The number of carbonyl (C=O) groups is 2. The van der Waals surface area contributed by atoms with Gasteiger partial charge in [-0.15, -0.1) is 0 Å².